The lowest BCUT2D eigenvalue weighted by molar-refractivity contribution is -0.143. The predicted molar refractivity (Wildman–Crippen MR) is 134 cm³/mol. The van der Waals surface area contributed by atoms with Crippen LogP contribution in [0.15, 0.2) is 36.4 Å². The molecule has 2 amide bonds. The Bertz CT molecular complexity index is 964. The SMILES string of the molecule is CC[C@@H](C)NC(=O)[C@H](CC)N(Cc1ccc(Cl)c(Cl)c1)C(=O)COc1cc(OC)cc(OC)c1. The van der Waals surface area contributed by atoms with Crippen LogP contribution in [-0.2, 0) is 16.1 Å². The number of hydrogen-bond acceptors (Lipinski definition) is 5. The fourth-order valence-electron chi connectivity index (χ4n) is 3.29. The van der Waals surface area contributed by atoms with Crippen molar-refractivity contribution < 1.29 is 23.8 Å². The van der Waals surface area contributed by atoms with Gasteiger partial charge in [-0.05, 0) is 37.5 Å². The molecule has 186 valence electrons. The molecule has 2 rings (SSSR count). The molecular weight excluding hydrogens is 479 g/mol. The summed E-state index contributed by atoms with van der Waals surface area (Å²) >= 11 is 12.2. The molecule has 7 nitrogen and oxygen atoms in total. The van der Waals surface area contributed by atoms with Gasteiger partial charge in [0.2, 0.25) is 5.91 Å². The van der Waals surface area contributed by atoms with E-state index in [1.165, 1.54) is 19.1 Å². The summed E-state index contributed by atoms with van der Waals surface area (Å²) in [7, 11) is 3.06. The summed E-state index contributed by atoms with van der Waals surface area (Å²) in [6, 6.07) is 9.47. The molecular formula is C25H32Cl2N2O5. The van der Waals surface area contributed by atoms with Gasteiger partial charge in [0.25, 0.3) is 5.91 Å². The Hall–Kier alpha value is -2.64. The fraction of sp³-hybridized carbons (Fsp3) is 0.440. The van der Waals surface area contributed by atoms with Gasteiger partial charge in [-0.2, -0.15) is 0 Å². The van der Waals surface area contributed by atoms with Gasteiger partial charge in [-0.1, -0.05) is 43.1 Å². The zero-order valence-electron chi connectivity index (χ0n) is 20.2. The Morgan fingerprint density at radius 2 is 1.56 bits per heavy atom. The zero-order valence-corrected chi connectivity index (χ0v) is 21.7. The normalized spacial score (nSPS) is 12.4. The first kappa shape index (κ1) is 27.6. The van der Waals surface area contributed by atoms with Crippen molar-refractivity contribution in [2.24, 2.45) is 0 Å². The Balaban J connectivity index is 2.28. The number of halogens is 2. The number of methoxy groups -OCH3 is 2. The number of rotatable bonds is 12. The molecule has 0 radical (unpaired) electrons. The zero-order chi connectivity index (χ0) is 25.3. The third-order valence-electron chi connectivity index (χ3n) is 5.41. The van der Waals surface area contributed by atoms with E-state index < -0.39 is 6.04 Å². The molecule has 0 unspecified atom stereocenters. The molecule has 0 saturated heterocycles. The van der Waals surface area contributed by atoms with Crippen LogP contribution in [0.25, 0.3) is 0 Å². The predicted octanol–water partition coefficient (Wildman–Crippen LogP) is 5.11. The number of nitrogens with one attached hydrogen (secondary N) is 1. The number of carbonyl (C=O) groups excluding carboxylic acids is 2. The summed E-state index contributed by atoms with van der Waals surface area (Å²) in [6.07, 6.45) is 1.21. The van der Waals surface area contributed by atoms with E-state index in [0.29, 0.717) is 33.7 Å². The van der Waals surface area contributed by atoms with Gasteiger partial charge in [-0.25, -0.2) is 0 Å². The lowest BCUT2D eigenvalue weighted by Gasteiger charge is -2.31. The van der Waals surface area contributed by atoms with Gasteiger partial charge in [0.05, 0.1) is 24.3 Å². The van der Waals surface area contributed by atoms with Crippen molar-refractivity contribution in [2.45, 2.75) is 52.2 Å². The first-order valence-electron chi connectivity index (χ1n) is 11.1. The van der Waals surface area contributed by atoms with Crippen LogP contribution in [0.3, 0.4) is 0 Å². The lowest BCUT2D eigenvalue weighted by Crippen LogP contribution is -2.51. The first-order chi connectivity index (χ1) is 16.2. The topological polar surface area (TPSA) is 77.1 Å². The Kier molecular flexibility index (Phi) is 10.8. The summed E-state index contributed by atoms with van der Waals surface area (Å²) in [5, 5.41) is 3.77. The molecule has 0 heterocycles. The maximum absolute atomic E-state index is 13.3. The Labute approximate surface area is 211 Å². The molecule has 2 aromatic rings. The highest BCUT2D eigenvalue weighted by Crippen LogP contribution is 2.28. The molecule has 1 N–H and O–H groups in total. The summed E-state index contributed by atoms with van der Waals surface area (Å²) in [4.78, 5) is 27.9. The van der Waals surface area contributed by atoms with E-state index in [2.05, 4.69) is 5.32 Å². The Morgan fingerprint density at radius 3 is 2.09 bits per heavy atom. The monoisotopic (exact) mass is 510 g/mol. The van der Waals surface area contributed by atoms with Crippen LogP contribution < -0.4 is 19.5 Å². The van der Waals surface area contributed by atoms with Crippen molar-refractivity contribution in [2.75, 3.05) is 20.8 Å². The number of ether oxygens (including phenoxy) is 3. The van der Waals surface area contributed by atoms with Crippen molar-refractivity contribution in [3.05, 3.63) is 52.0 Å². The molecule has 0 aromatic heterocycles. The summed E-state index contributed by atoms with van der Waals surface area (Å²) < 4.78 is 16.3. The standard InChI is InChI=1S/C25H32Cl2N2O5/c1-6-16(3)28-25(31)23(7-2)29(14-17-8-9-21(26)22(27)10-17)24(30)15-34-20-12-18(32-4)11-19(13-20)33-5/h8-13,16,23H,6-7,14-15H2,1-5H3,(H,28,31)/t16-,23+/m1/s1. The minimum atomic E-state index is -0.681. The molecule has 9 heteroatoms. The van der Waals surface area contributed by atoms with E-state index in [1.54, 1.807) is 36.4 Å². The molecule has 0 aliphatic carbocycles. The smallest absolute Gasteiger partial charge is 0.261 e. The largest absolute Gasteiger partial charge is 0.496 e. The van der Waals surface area contributed by atoms with Crippen LogP contribution >= 0.6 is 23.2 Å². The van der Waals surface area contributed by atoms with E-state index in [9.17, 15) is 9.59 Å². The van der Waals surface area contributed by atoms with Gasteiger partial charge >= 0.3 is 0 Å². The average molecular weight is 511 g/mol. The van der Waals surface area contributed by atoms with Gasteiger partial charge in [0, 0.05) is 30.8 Å². The molecule has 0 spiro atoms. The van der Waals surface area contributed by atoms with E-state index in [-0.39, 0.29) is 31.0 Å². The van der Waals surface area contributed by atoms with Crippen LogP contribution in [0.4, 0.5) is 0 Å². The molecule has 34 heavy (non-hydrogen) atoms. The van der Waals surface area contributed by atoms with Gasteiger partial charge < -0.3 is 24.4 Å². The molecule has 0 saturated carbocycles. The average Bonchev–Trinajstić information content (AvgIpc) is 2.84. The van der Waals surface area contributed by atoms with Gasteiger partial charge in [0.1, 0.15) is 23.3 Å². The van der Waals surface area contributed by atoms with Crippen LogP contribution in [0, 0.1) is 0 Å². The number of amides is 2. The number of benzene rings is 2. The van der Waals surface area contributed by atoms with E-state index >= 15 is 0 Å². The van der Waals surface area contributed by atoms with Crippen LogP contribution in [0.1, 0.15) is 39.2 Å². The third-order valence-corrected chi connectivity index (χ3v) is 6.15. The van der Waals surface area contributed by atoms with E-state index in [1.807, 2.05) is 20.8 Å². The minimum Gasteiger partial charge on any atom is -0.496 e. The van der Waals surface area contributed by atoms with Crippen LogP contribution in [0.5, 0.6) is 17.2 Å². The van der Waals surface area contributed by atoms with Gasteiger partial charge in [-0.3, -0.25) is 9.59 Å². The summed E-state index contributed by atoms with van der Waals surface area (Å²) in [6.45, 7) is 5.68. The molecule has 2 atom stereocenters. The number of hydrogen-bond donors (Lipinski definition) is 1. The van der Waals surface area contributed by atoms with Gasteiger partial charge in [0.15, 0.2) is 6.61 Å². The van der Waals surface area contributed by atoms with Crippen molar-refractivity contribution >= 4 is 35.0 Å². The highest BCUT2D eigenvalue weighted by atomic mass is 35.5. The molecule has 0 aliphatic rings. The van der Waals surface area contributed by atoms with E-state index in [4.69, 9.17) is 37.4 Å². The fourth-order valence-corrected chi connectivity index (χ4v) is 3.61. The number of nitrogens with zero attached hydrogens (tertiary/aromatic N) is 1. The van der Waals surface area contributed by atoms with Crippen molar-refractivity contribution in [1.29, 1.82) is 0 Å². The maximum atomic E-state index is 13.3. The first-order valence-corrected chi connectivity index (χ1v) is 11.9. The summed E-state index contributed by atoms with van der Waals surface area (Å²) in [5.74, 6) is 0.922. The quantitative estimate of drug-likeness (QED) is 0.429. The summed E-state index contributed by atoms with van der Waals surface area (Å²) in [5.41, 5.74) is 0.751. The molecule has 0 bridgehead atoms. The highest BCUT2D eigenvalue weighted by molar-refractivity contribution is 6.42. The van der Waals surface area contributed by atoms with Crippen molar-refractivity contribution in [3.63, 3.8) is 0 Å². The minimum absolute atomic E-state index is 0.0102. The van der Waals surface area contributed by atoms with Gasteiger partial charge in [-0.15, -0.1) is 0 Å². The second-order valence-electron chi connectivity index (χ2n) is 7.85. The molecule has 0 fully saturated rings. The Morgan fingerprint density at radius 1 is 0.941 bits per heavy atom. The van der Waals surface area contributed by atoms with Crippen LogP contribution in [0.2, 0.25) is 10.0 Å². The van der Waals surface area contributed by atoms with Crippen molar-refractivity contribution in [1.82, 2.24) is 10.2 Å². The van der Waals surface area contributed by atoms with E-state index in [0.717, 1.165) is 12.0 Å². The second-order valence-corrected chi connectivity index (χ2v) is 8.66. The lowest BCUT2D eigenvalue weighted by atomic mass is 10.1. The highest BCUT2D eigenvalue weighted by Gasteiger charge is 2.29. The molecule has 2 aromatic carbocycles. The number of carbonyl (C=O) groups is 2. The third kappa shape index (κ3) is 7.71. The van der Waals surface area contributed by atoms with Crippen molar-refractivity contribution in [3.8, 4) is 17.2 Å². The van der Waals surface area contributed by atoms with Crippen LogP contribution in [-0.4, -0.2) is 49.6 Å². The second kappa shape index (κ2) is 13.3. The molecule has 0 aliphatic heterocycles. The maximum Gasteiger partial charge on any atom is 0.261 e.